The number of benzene rings is 1. The van der Waals surface area contributed by atoms with Crippen LogP contribution < -0.4 is 15.8 Å². The van der Waals surface area contributed by atoms with Crippen LogP contribution in [0, 0.1) is 5.92 Å². The third-order valence-corrected chi connectivity index (χ3v) is 3.77. The van der Waals surface area contributed by atoms with Crippen molar-refractivity contribution in [2.75, 3.05) is 32.1 Å². The average Bonchev–Trinajstić information content (AvgIpc) is 2.87. The molecular formula is C15H24ClN3O2. The Hall–Kier alpha value is -1.30. The lowest BCUT2D eigenvalue weighted by atomic mass is 10.0. The predicted molar refractivity (Wildman–Crippen MR) is 87.1 cm³/mol. The van der Waals surface area contributed by atoms with Gasteiger partial charge in [0.1, 0.15) is 5.75 Å². The second kappa shape index (κ2) is 8.22. The quantitative estimate of drug-likeness (QED) is 0.868. The Labute approximate surface area is 132 Å². The smallest absolute Gasteiger partial charge is 0.238 e. The van der Waals surface area contributed by atoms with Crippen molar-refractivity contribution < 1.29 is 9.53 Å². The van der Waals surface area contributed by atoms with Gasteiger partial charge in [-0.15, -0.1) is 12.4 Å². The molecule has 2 rings (SSSR count). The summed E-state index contributed by atoms with van der Waals surface area (Å²) in [5.41, 5.74) is 6.67. The normalized spacial score (nSPS) is 19.7. The summed E-state index contributed by atoms with van der Waals surface area (Å²) in [6.45, 7) is 4.30. The van der Waals surface area contributed by atoms with E-state index in [-0.39, 0.29) is 24.4 Å². The molecule has 0 bridgehead atoms. The summed E-state index contributed by atoms with van der Waals surface area (Å²) >= 11 is 0. The van der Waals surface area contributed by atoms with E-state index in [9.17, 15) is 4.79 Å². The Bertz CT molecular complexity index is 468. The lowest BCUT2D eigenvalue weighted by molar-refractivity contribution is -0.117. The summed E-state index contributed by atoms with van der Waals surface area (Å²) in [4.78, 5) is 14.2. The number of carbonyl (C=O) groups is 1. The molecule has 2 unspecified atom stereocenters. The van der Waals surface area contributed by atoms with Crippen LogP contribution >= 0.6 is 12.4 Å². The number of rotatable bonds is 5. The van der Waals surface area contributed by atoms with E-state index in [4.69, 9.17) is 10.5 Å². The van der Waals surface area contributed by atoms with Crippen LogP contribution in [0.4, 0.5) is 5.69 Å². The minimum atomic E-state index is 0. The summed E-state index contributed by atoms with van der Waals surface area (Å²) < 4.78 is 5.13. The van der Waals surface area contributed by atoms with Gasteiger partial charge in [-0.05, 0) is 37.9 Å². The van der Waals surface area contributed by atoms with Crippen molar-refractivity contribution >= 4 is 24.0 Å². The summed E-state index contributed by atoms with van der Waals surface area (Å²) in [6.07, 6.45) is 1.07. The second-order valence-corrected chi connectivity index (χ2v) is 5.42. The first-order chi connectivity index (χ1) is 9.58. The standard InChI is InChI=1S/C15H23N3O2.ClH/c1-11(16)12-6-7-18(9-12)10-15(19)17-13-4-3-5-14(8-13)20-2;/h3-5,8,11-12H,6-7,9-10,16H2,1-2H3,(H,17,19);1H. The van der Waals surface area contributed by atoms with Crippen LogP contribution in [0.1, 0.15) is 13.3 Å². The molecule has 5 nitrogen and oxygen atoms in total. The zero-order valence-corrected chi connectivity index (χ0v) is 13.4. The van der Waals surface area contributed by atoms with Gasteiger partial charge in [0.25, 0.3) is 0 Å². The minimum absolute atomic E-state index is 0. The molecule has 3 N–H and O–H groups in total. The zero-order chi connectivity index (χ0) is 14.5. The van der Waals surface area contributed by atoms with E-state index in [1.165, 1.54) is 0 Å². The first-order valence-electron chi connectivity index (χ1n) is 7.00. The van der Waals surface area contributed by atoms with Crippen molar-refractivity contribution in [3.8, 4) is 5.75 Å². The van der Waals surface area contributed by atoms with Gasteiger partial charge in [-0.1, -0.05) is 6.07 Å². The Balaban J connectivity index is 0.00000220. The van der Waals surface area contributed by atoms with Crippen molar-refractivity contribution in [3.63, 3.8) is 0 Å². The largest absolute Gasteiger partial charge is 0.497 e. The molecule has 2 atom stereocenters. The molecule has 1 heterocycles. The molecule has 0 aliphatic carbocycles. The summed E-state index contributed by atoms with van der Waals surface area (Å²) in [5.74, 6) is 1.24. The highest BCUT2D eigenvalue weighted by atomic mass is 35.5. The van der Waals surface area contributed by atoms with E-state index in [0.29, 0.717) is 12.5 Å². The van der Waals surface area contributed by atoms with Crippen molar-refractivity contribution in [1.82, 2.24) is 4.90 Å². The van der Waals surface area contributed by atoms with Crippen molar-refractivity contribution in [2.24, 2.45) is 11.7 Å². The van der Waals surface area contributed by atoms with Crippen molar-refractivity contribution in [2.45, 2.75) is 19.4 Å². The van der Waals surface area contributed by atoms with E-state index in [1.54, 1.807) is 7.11 Å². The van der Waals surface area contributed by atoms with Gasteiger partial charge in [-0.2, -0.15) is 0 Å². The van der Waals surface area contributed by atoms with E-state index in [2.05, 4.69) is 10.2 Å². The van der Waals surface area contributed by atoms with E-state index in [1.807, 2.05) is 31.2 Å². The van der Waals surface area contributed by atoms with Crippen molar-refractivity contribution in [1.29, 1.82) is 0 Å². The number of halogens is 1. The monoisotopic (exact) mass is 313 g/mol. The number of ether oxygens (including phenoxy) is 1. The Morgan fingerprint density at radius 1 is 1.57 bits per heavy atom. The zero-order valence-electron chi connectivity index (χ0n) is 12.5. The Morgan fingerprint density at radius 2 is 2.33 bits per heavy atom. The van der Waals surface area contributed by atoms with E-state index in [0.717, 1.165) is 30.9 Å². The van der Waals surface area contributed by atoms with Crippen LogP contribution in [0.2, 0.25) is 0 Å². The molecule has 1 aromatic rings. The SMILES string of the molecule is COc1cccc(NC(=O)CN2CCC(C(C)N)C2)c1.Cl. The fraction of sp³-hybridized carbons (Fsp3) is 0.533. The third kappa shape index (κ3) is 5.19. The maximum atomic E-state index is 12.0. The Kier molecular flexibility index (Phi) is 6.95. The number of carbonyl (C=O) groups excluding carboxylic acids is 1. The number of methoxy groups -OCH3 is 1. The molecule has 6 heteroatoms. The number of hydrogen-bond donors (Lipinski definition) is 2. The molecule has 0 aromatic heterocycles. The second-order valence-electron chi connectivity index (χ2n) is 5.42. The Morgan fingerprint density at radius 3 is 2.95 bits per heavy atom. The topological polar surface area (TPSA) is 67.6 Å². The van der Waals surface area contributed by atoms with Crippen LogP contribution in [0.15, 0.2) is 24.3 Å². The van der Waals surface area contributed by atoms with Crippen LogP contribution in [0.5, 0.6) is 5.75 Å². The summed E-state index contributed by atoms with van der Waals surface area (Å²) in [5, 5.41) is 2.90. The fourth-order valence-corrected chi connectivity index (χ4v) is 2.54. The van der Waals surface area contributed by atoms with Crippen LogP contribution in [-0.2, 0) is 4.79 Å². The predicted octanol–water partition coefficient (Wildman–Crippen LogP) is 1.72. The number of hydrogen-bond acceptors (Lipinski definition) is 4. The average molecular weight is 314 g/mol. The number of nitrogens with zero attached hydrogens (tertiary/aromatic N) is 1. The lowest BCUT2D eigenvalue weighted by Crippen LogP contribution is -2.34. The molecule has 0 radical (unpaired) electrons. The number of anilines is 1. The number of nitrogens with two attached hydrogens (primary N) is 1. The molecular weight excluding hydrogens is 290 g/mol. The molecule has 1 fully saturated rings. The molecule has 1 aliphatic heterocycles. The number of amides is 1. The first kappa shape index (κ1) is 17.8. The highest BCUT2D eigenvalue weighted by Gasteiger charge is 2.26. The third-order valence-electron chi connectivity index (χ3n) is 3.77. The molecule has 21 heavy (non-hydrogen) atoms. The van der Waals surface area contributed by atoms with Gasteiger partial charge >= 0.3 is 0 Å². The van der Waals surface area contributed by atoms with Gasteiger partial charge in [0.2, 0.25) is 5.91 Å². The molecule has 1 saturated heterocycles. The molecule has 1 aromatic carbocycles. The molecule has 1 amide bonds. The van der Waals surface area contributed by atoms with Gasteiger partial charge in [0.15, 0.2) is 0 Å². The maximum Gasteiger partial charge on any atom is 0.238 e. The van der Waals surface area contributed by atoms with E-state index < -0.39 is 0 Å². The van der Waals surface area contributed by atoms with Crippen LogP contribution in [-0.4, -0.2) is 43.6 Å². The van der Waals surface area contributed by atoms with Gasteiger partial charge in [0, 0.05) is 24.3 Å². The van der Waals surface area contributed by atoms with Crippen LogP contribution in [0.3, 0.4) is 0 Å². The van der Waals surface area contributed by atoms with Crippen LogP contribution in [0.25, 0.3) is 0 Å². The fourth-order valence-electron chi connectivity index (χ4n) is 2.54. The number of likely N-dealkylation sites (tertiary alicyclic amines) is 1. The van der Waals surface area contributed by atoms with Gasteiger partial charge < -0.3 is 15.8 Å². The molecule has 0 saturated carbocycles. The minimum Gasteiger partial charge on any atom is -0.497 e. The van der Waals surface area contributed by atoms with Gasteiger partial charge in [-0.3, -0.25) is 9.69 Å². The van der Waals surface area contributed by atoms with E-state index >= 15 is 0 Å². The van der Waals surface area contributed by atoms with Gasteiger partial charge in [0.05, 0.1) is 13.7 Å². The first-order valence-corrected chi connectivity index (χ1v) is 7.00. The highest BCUT2D eigenvalue weighted by Crippen LogP contribution is 2.19. The highest BCUT2D eigenvalue weighted by molar-refractivity contribution is 5.92. The number of nitrogens with one attached hydrogen (secondary N) is 1. The molecule has 118 valence electrons. The maximum absolute atomic E-state index is 12.0. The summed E-state index contributed by atoms with van der Waals surface area (Å²) in [6, 6.07) is 7.57. The molecule has 1 aliphatic rings. The molecule has 0 spiro atoms. The lowest BCUT2D eigenvalue weighted by Gasteiger charge is -2.17. The van der Waals surface area contributed by atoms with Gasteiger partial charge in [-0.25, -0.2) is 0 Å². The summed E-state index contributed by atoms with van der Waals surface area (Å²) in [7, 11) is 1.61. The van der Waals surface area contributed by atoms with Crippen molar-refractivity contribution in [3.05, 3.63) is 24.3 Å².